The van der Waals surface area contributed by atoms with E-state index in [0.717, 1.165) is 0 Å². The first kappa shape index (κ1) is 18.2. The highest BCUT2D eigenvalue weighted by atomic mass is 35.6. The SMILES string of the molecule is CC1=C(C)C([Si](C)(C)Cl)c2sccc21.CC1=Cc2sccc2C1C. The van der Waals surface area contributed by atoms with Crippen molar-refractivity contribution in [1.82, 2.24) is 0 Å². The molecule has 0 saturated heterocycles. The van der Waals surface area contributed by atoms with Crippen molar-refractivity contribution < 1.29 is 0 Å². The van der Waals surface area contributed by atoms with Crippen LogP contribution >= 0.6 is 33.8 Å². The first-order chi connectivity index (χ1) is 11.2. The van der Waals surface area contributed by atoms with Gasteiger partial charge in [0.25, 0.3) is 0 Å². The molecule has 2 unspecified atom stereocenters. The van der Waals surface area contributed by atoms with Crippen LogP contribution in [0, 0.1) is 0 Å². The highest BCUT2D eigenvalue weighted by molar-refractivity contribution is 7.21. The Labute approximate surface area is 159 Å². The normalized spacial score (nSPS) is 22.0. The Hall–Kier alpha value is -0.613. The molecule has 0 spiro atoms. The standard InChI is InChI=1S/C11H15ClSSi.C9H10S/c1-7-8(2)11(14(3,4)12)10-9(7)5-6-13-10;1-6-5-9-8(7(6)2)3-4-10-9/h5-6,11H,1-4H3;3-5,7H,1-2H3. The molecule has 0 radical (unpaired) electrons. The molecule has 128 valence electrons. The molecule has 2 atom stereocenters. The quantitative estimate of drug-likeness (QED) is 0.341. The van der Waals surface area contributed by atoms with Gasteiger partial charge in [-0.2, -0.15) is 11.1 Å². The number of halogens is 1. The summed E-state index contributed by atoms with van der Waals surface area (Å²) < 4.78 is 0. The van der Waals surface area contributed by atoms with Gasteiger partial charge in [-0.25, -0.2) is 0 Å². The third kappa shape index (κ3) is 3.12. The van der Waals surface area contributed by atoms with Crippen LogP contribution in [0.4, 0.5) is 0 Å². The van der Waals surface area contributed by atoms with Gasteiger partial charge in [-0.15, -0.1) is 22.7 Å². The van der Waals surface area contributed by atoms with Crippen LogP contribution in [-0.4, -0.2) is 7.38 Å². The van der Waals surface area contributed by atoms with Crippen molar-refractivity contribution in [2.75, 3.05) is 0 Å². The van der Waals surface area contributed by atoms with E-state index < -0.39 is 7.38 Å². The van der Waals surface area contributed by atoms with Gasteiger partial charge in [0.1, 0.15) is 0 Å². The Morgan fingerprint density at radius 3 is 2.33 bits per heavy atom. The average molecular weight is 393 g/mol. The molecule has 0 fully saturated rings. The van der Waals surface area contributed by atoms with E-state index in [1.807, 2.05) is 22.7 Å². The summed E-state index contributed by atoms with van der Waals surface area (Å²) in [4.78, 5) is 2.97. The van der Waals surface area contributed by atoms with E-state index in [1.54, 1.807) is 0 Å². The molecule has 4 heteroatoms. The second kappa shape index (κ2) is 6.60. The molecular formula is C20H25ClS2Si. The van der Waals surface area contributed by atoms with Crippen molar-refractivity contribution in [2.45, 2.75) is 52.2 Å². The van der Waals surface area contributed by atoms with Crippen molar-refractivity contribution in [3.63, 3.8) is 0 Å². The fourth-order valence-electron chi connectivity index (χ4n) is 3.69. The van der Waals surface area contributed by atoms with E-state index in [0.29, 0.717) is 11.5 Å². The van der Waals surface area contributed by atoms with Gasteiger partial charge in [0.15, 0.2) is 7.38 Å². The monoisotopic (exact) mass is 392 g/mol. The molecule has 0 nitrogen and oxygen atoms in total. The lowest BCUT2D eigenvalue weighted by Gasteiger charge is -2.23. The zero-order valence-electron chi connectivity index (χ0n) is 15.2. The van der Waals surface area contributed by atoms with Crippen molar-refractivity contribution in [2.24, 2.45) is 0 Å². The van der Waals surface area contributed by atoms with Crippen molar-refractivity contribution in [3.05, 3.63) is 54.9 Å². The molecule has 2 aromatic rings. The molecule has 0 N–H and O–H groups in total. The number of hydrogen-bond acceptors (Lipinski definition) is 2. The first-order valence-corrected chi connectivity index (χ1v) is 14.3. The number of allylic oxidation sites excluding steroid dienone is 3. The minimum atomic E-state index is -1.62. The lowest BCUT2D eigenvalue weighted by Crippen LogP contribution is -2.27. The summed E-state index contributed by atoms with van der Waals surface area (Å²) in [6.45, 7) is 13.4. The summed E-state index contributed by atoms with van der Waals surface area (Å²) in [5.74, 6) is 0.668. The predicted octanol–water partition coefficient (Wildman–Crippen LogP) is 7.89. The fourth-order valence-corrected chi connectivity index (χ4v) is 9.82. The van der Waals surface area contributed by atoms with Gasteiger partial charge >= 0.3 is 0 Å². The van der Waals surface area contributed by atoms with Crippen molar-refractivity contribution in [3.8, 4) is 0 Å². The zero-order valence-corrected chi connectivity index (χ0v) is 18.6. The van der Waals surface area contributed by atoms with E-state index >= 15 is 0 Å². The third-order valence-corrected chi connectivity index (χ3v) is 10.1. The fraction of sp³-hybridized carbons (Fsp3) is 0.400. The lowest BCUT2D eigenvalue weighted by molar-refractivity contribution is 0.926. The van der Waals surface area contributed by atoms with Gasteiger partial charge < -0.3 is 0 Å². The van der Waals surface area contributed by atoms with Gasteiger partial charge in [-0.05, 0) is 66.4 Å². The Morgan fingerprint density at radius 1 is 1.04 bits per heavy atom. The molecule has 0 bridgehead atoms. The van der Waals surface area contributed by atoms with E-state index in [1.165, 1.54) is 37.6 Å². The van der Waals surface area contributed by atoms with Crippen LogP contribution in [0.3, 0.4) is 0 Å². The first-order valence-electron chi connectivity index (χ1n) is 8.41. The topological polar surface area (TPSA) is 0 Å². The Morgan fingerprint density at radius 2 is 1.71 bits per heavy atom. The number of hydrogen-bond donors (Lipinski definition) is 0. The minimum Gasteiger partial charge on any atom is -0.167 e. The van der Waals surface area contributed by atoms with Gasteiger partial charge in [-0.3, -0.25) is 0 Å². The summed E-state index contributed by atoms with van der Waals surface area (Å²) in [7, 11) is -1.62. The Bertz CT molecular complexity index is 817. The molecule has 2 aliphatic carbocycles. The van der Waals surface area contributed by atoms with Gasteiger partial charge in [0.05, 0.1) is 0 Å². The van der Waals surface area contributed by atoms with E-state index in [9.17, 15) is 0 Å². The average Bonchev–Trinajstić information content (AvgIpc) is 3.21. The van der Waals surface area contributed by atoms with Crippen molar-refractivity contribution >= 4 is 52.8 Å². The van der Waals surface area contributed by atoms with Crippen LogP contribution in [0.15, 0.2) is 34.0 Å². The maximum Gasteiger partial charge on any atom is 0.162 e. The van der Waals surface area contributed by atoms with E-state index in [2.05, 4.69) is 69.8 Å². The summed E-state index contributed by atoms with van der Waals surface area (Å²) in [6, 6.07) is 4.47. The molecule has 2 aromatic heterocycles. The minimum absolute atomic E-state index is 0.541. The van der Waals surface area contributed by atoms with Crippen molar-refractivity contribution in [1.29, 1.82) is 0 Å². The summed E-state index contributed by atoms with van der Waals surface area (Å²) >= 11 is 10.3. The molecule has 0 saturated carbocycles. The largest absolute Gasteiger partial charge is 0.167 e. The summed E-state index contributed by atoms with van der Waals surface area (Å²) in [5.41, 5.74) is 7.95. The third-order valence-electron chi connectivity index (χ3n) is 5.31. The molecule has 0 aliphatic heterocycles. The number of thiophene rings is 2. The summed E-state index contributed by atoms with van der Waals surface area (Å²) in [6.07, 6.45) is 2.30. The zero-order chi connectivity index (χ0) is 17.6. The lowest BCUT2D eigenvalue weighted by atomic mass is 10.0. The van der Waals surface area contributed by atoms with Crippen LogP contribution in [-0.2, 0) is 0 Å². The van der Waals surface area contributed by atoms with Crippen LogP contribution in [0.5, 0.6) is 0 Å². The Kier molecular flexibility index (Phi) is 5.00. The molecular weight excluding hydrogens is 368 g/mol. The Balaban J connectivity index is 0.000000149. The number of fused-ring (bicyclic) bond motifs is 2. The second-order valence-electron chi connectivity index (χ2n) is 7.35. The maximum atomic E-state index is 6.60. The molecule has 2 aliphatic rings. The molecule has 24 heavy (non-hydrogen) atoms. The van der Waals surface area contributed by atoms with Gasteiger partial charge in [0.2, 0.25) is 0 Å². The predicted molar refractivity (Wildman–Crippen MR) is 115 cm³/mol. The highest BCUT2D eigenvalue weighted by Gasteiger charge is 2.39. The second-order valence-corrected chi connectivity index (χ2v) is 15.9. The van der Waals surface area contributed by atoms with Gasteiger partial charge in [-0.1, -0.05) is 31.2 Å². The van der Waals surface area contributed by atoms with Crippen LogP contribution in [0.2, 0.25) is 13.1 Å². The maximum absolute atomic E-state index is 6.60. The molecule has 2 heterocycles. The summed E-state index contributed by atoms with van der Waals surface area (Å²) in [5, 5.41) is 4.36. The van der Waals surface area contributed by atoms with E-state index in [-0.39, 0.29) is 0 Å². The molecule has 4 rings (SSSR count). The van der Waals surface area contributed by atoms with Crippen LogP contribution < -0.4 is 0 Å². The smallest absolute Gasteiger partial charge is 0.162 e. The van der Waals surface area contributed by atoms with Gasteiger partial charge in [0, 0.05) is 21.2 Å². The molecule has 0 amide bonds. The molecule has 0 aromatic carbocycles. The van der Waals surface area contributed by atoms with E-state index in [4.69, 9.17) is 11.1 Å². The van der Waals surface area contributed by atoms with Crippen LogP contribution in [0.1, 0.15) is 60.0 Å². The number of rotatable bonds is 1. The highest BCUT2D eigenvalue weighted by Crippen LogP contribution is 2.49. The van der Waals surface area contributed by atoms with Crippen LogP contribution in [0.25, 0.3) is 11.6 Å².